The van der Waals surface area contributed by atoms with Gasteiger partial charge in [-0.05, 0) is 42.7 Å². The van der Waals surface area contributed by atoms with Crippen molar-refractivity contribution in [3.05, 3.63) is 54.1 Å². The van der Waals surface area contributed by atoms with Gasteiger partial charge in [-0.15, -0.1) is 0 Å². The number of benzene rings is 2. The van der Waals surface area contributed by atoms with Crippen LogP contribution in [0.25, 0.3) is 22.6 Å². The Morgan fingerprint density at radius 2 is 1.85 bits per heavy atom. The summed E-state index contributed by atoms with van der Waals surface area (Å²) in [6, 6.07) is 15.5. The molecule has 3 aromatic rings. The molecule has 3 atom stereocenters. The SMILES string of the molecule is NC1CCCCC(OCc2ccc(-c3nc4ccccc4o3)cc2)C1O. The summed E-state index contributed by atoms with van der Waals surface area (Å²) < 4.78 is 11.8. The van der Waals surface area contributed by atoms with Crippen molar-refractivity contribution in [3.8, 4) is 11.5 Å². The second-order valence-electron chi connectivity index (χ2n) is 6.97. The zero-order valence-corrected chi connectivity index (χ0v) is 14.7. The van der Waals surface area contributed by atoms with Gasteiger partial charge < -0.3 is 20.0 Å². The van der Waals surface area contributed by atoms with Gasteiger partial charge in [-0.2, -0.15) is 0 Å². The lowest BCUT2D eigenvalue weighted by molar-refractivity contribution is -0.0544. The summed E-state index contributed by atoms with van der Waals surface area (Å²) in [4.78, 5) is 4.52. The molecule has 0 spiro atoms. The third kappa shape index (κ3) is 3.65. The van der Waals surface area contributed by atoms with Crippen molar-refractivity contribution in [2.75, 3.05) is 0 Å². The maximum atomic E-state index is 10.3. The van der Waals surface area contributed by atoms with E-state index in [9.17, 15) is 5.11 Å². The maximum Gasteiger partial charge on any atom is 0.227 e. The summed E-state index contributed by atoms with van der Waals surface area (Å²) in [6.07, 6.45) is 3.04. The van der Waals surface area contributed by atoms with E-state index in [1.54, 1.807) is 0 Å². The Bertz CT molecular complexity index is 826. The Morgan fingerprint density at radius 3 is 2.65 bits per heavy atom. The Balaban J connectivity index is 1.42. The highest BCUT2D eigenvalue weighted by Crippen LogP contribution is 2.25. The highest BCUT2D eigenvalue weighted by atomic mass is 16.5. The molecule has 0 bridgehead atoms. The standard InChI is InChI=1S/C21H24N2O3/c22-16-5-1-3-8-19(20(16)24)25-13-14-9-11-15(12-10-14)21-23-17-6-2-4-7-18(17)26-21/h2,4,6-7,9-12,16,19-20,24H,1,3,5,8,13,22H2. The molecule has 1 aliphatic rings. The number of aliphatic hydroxyl groups excluding tert-OH is 1. The van der Waals surface area contributed by atoms with Crippen molar-refractivity contribution >= 4 is 11.1 Å². The van der Waals surface area contributed by atoms with E-state index >= 15 is 0 Å². The molecule has 1 aliphatic carbocycles. The van der Waals surface area contributed by atoms with Gasteiger partial charge >= 0.3 is 0 Å². The highest BCUT2D eigenvalue weighted by Gasteiger charge is 2.28. The van der Waals surface area contributed by atoms with Gasteiger partial charge in [0, 0.05) is 11.6 Å². The van der Waals surface area contributed by atoms with Crippen LogP contribution < -0.4 is 5.73 Å². The van der Waals surface area contributed by atoms with E-state index in [4.69, 9.17) is 14.9 Å². The van der Waals surface area contributed by atoms with E-state index in [1.807, 2.05) is 48.5 Å². The molecule has 1 heterocycles. The van der Waals surface area contributed by atoms with Crippen LogP contribution in [0, 0.1) is 0 Å². The minimum absolute atomic E-state index is 0.191. The van der Waals surface area contributed by atoms with Crippen molar-refractivity contribution in [3.63, 3.8) is 0 Å². The molecule has 3 unspecified atom stereocenters. The lowest BCUT2D eigenvalue weighted by atomic mass is 10.1. The molecule has 4 rings (SSSR count). The van der Waals surface area contributed by atoms with E-state index < -0.39 is 6.10 Å². The molecule has 3 N–H and O–H groups in total. The summed E-state index contributed by atoms with van der Waals surface area (Å²) in [7, 11) is 0. The van der Waals surface area contributed by atoms with E-state index in [1.165, 1.54) is 0 Å². The van der Waals surface area contributed by atoms with Crippen molar-refractivity contribution in [2.24, 2.45) is 5.73 Å². The zero-order valence-electron chi connectivity index (χ0n) is 14.7. The molecular formula is C21H24N2O3. The number of hydrogen-bond donors (Lipinski definition) is 2. The van der Waals surface area contributed by atoms with Crippen molar-refractivity contribution in [1.29, 1.82) is 0 Å². The van der Waals surface area contributed by atoms with Crippen LogP contribution in [0.4, 0.5) is 0 Å². The molecule has 136 valence electrons. The summed E-state index contributed by atoms with van der Waals surface area (Å²) in [6.45, 7) is 0.461. The summed E-state index contributed by atoms with van der Waals surface area (Å²) >= 11 is 0. The third-order valence-electron chi connectivity index (χ3n) is 5.05. The fourth-order valence-electron chi connectivity index (χ4n) is 3.47. The number of ether oxygens (including phenoxy) is 1. The van der Waals surface area contributed by atoms with Crippen LogP contribution >= 0.6 is 0 Å². The molecule has 0 amide bonds. The number of para-hydroxylation sites is 2. The molecule has 0 saturated heterocycles. The predicted molar refractivity (Wildman–Crippen MR) is 100 cm³/mol. The second kappa shape index (κ2) is 7.58. The number of fused-ring (bicyclic) bond motifs is 1. The molecule has 1 aromatic heterocycles. The first-order valence-corrected chi connectivity index (χ1v) is 9.21. The normalized spacial score (nSPS) is 23.8. The first-order chi connectivity index (χ1) is 12.7. The minimum atomic E-state index is -0.587. The van der Waals surface area contributed by atoms with Crippen LogP contribution in [0.1, 0.15) is 31.2 Å². The van der Waals surface area contributed by atoms with Gasteiger partial charge in [-0.25, -0.2) is 4.98 Å². The summed E-state index contributed by atoms with van der Waals surface area (Å²) in [5.74, 6) is 0.615. The number of nitrogens with zero attached hydrogens (tertiary/aromatic N) is 1. The largest absolute Gasteiger partial charge is 0.436 e. The van der Waals surface area contributed by atoms with Gasteiger partial charge in [0.25, 0.3) is 0 Å². The van der Waals surface area contributed by atoms with Crippen LogP contribution in [0.2, 0.25) is 0 Å². The number of aromatic nitrogens is 1. The number of aliphatic hydroxyl groups is 1. The quantitative estimate of drug-likeness (QED) is 0.701. The molecule has 5 heteroatoms. The highest BCUT2D eigenvalue weighted by molar-refractivity contribution is 5.75. The number of rotatable bonds is 4. The lowest BCUT2D eigenvalue weighted by Gasteiger charge is -2.24. The Kier molecular flexibility index (Phi) is 5.02. The summed E-state index contributed by atoms with van der Waals surface area (Å²) in [5, 5.41) is 10.3. The fourth-order valence-corrected chi connectivity index (χ4v) is 3.47. The van der Waals surface area contributed by atoms with Crippen LogP contribution in [-0.4, -0.2) is 28.3 Å². The molecule has 5 nitrogen and oxygen atoms in total. The van der Waals surface area contributed by atoms with Gasteiger partial charge in [0.1, 0.15) is 5.52 Å². The first-order valence-electron chi connectivity index (χ1n) is 9.21. The van der Waals surface area contributed by atoms with Gasteiger partial charge in [0.2, 0.25) is 5.89 Å². The van der Waals surface area contributed by atoms with E-state index in [2.05, 4.69) is 4.98 Å². The smallest absolute Gasteiger partial charge is 0.227 e. The maximum absolute atomic E-state index is 10.3. The summed E-state index contributed by atoms with van der Waals surface area (Å²) in [5.41, 5.74) is 9.63. The Hall–Kier alpha value is -2.21. The minimum Gasteiger partial charge on any atom is -0.436 e. The van der Waals surface area contributed by atoms with Crippen LogP contribution in [0.3, 0.4) is 0 Å². The van der Waals surface area contributed by atoms with Crippen LogP contribution in [0.15, 0.2) is 52.9 Å². The van der Waals surface area contributed by atoms with Gasteiger partial charge in [-0.3, -0.25) is 0 Å². The van der Waals surface area contributed by atoms with E-state index in [0.29, 0.717) is 12.5 Å². The van der Waals surface area contributed by atoms with Crippen LogP contribution in [0.5, 0.6) is 0 Å². The molecule has 1 fully saturated rings. The Morgan fingerprint density at radius 1 is 1.08 bits per heavy atom. The molecule has 26 heavy (non-hydrogen) atoms. The first kappa shape index (κ1) is 17.2. The average Bonchev–Trinajstić information content (AvgIpc) is 3.04. The number of oxazole rings is 1. The van der Waals surface area contributed by atoms with Gasteiger partial charge in [0.15, 0.2) is 5.58 Å². The number of nitrogens with two attached hydrogens (primary N) is 1. The molecule has 2 aromatic carbocycles. The van der Waals surface area contributed by atoms with Crippen molar-refractivity contribution < 1.29 is 14.3 Å². The monoisotopic (exact) mass is 352 g/mol. The molecular weight excluding hydrogens is 328 g/mol. The van der Waals surface area contributed by atoms with E-state index in [0.717, 1.165) is 47.9 Å². The van der Waals surface area contributed by atoms with Gasteiger partial charge in [-0.1, -0.05) is 37.1 Å². The molecule has 0 aliphatic heterocycles. The lowest BCUT2D eigenvalue weighted by Crippen LogP contribution is -2.42. The Labute approximate surface area is 152 Å². The van der Waals surface area contributed by atoms with E-state index in [-0.39, 0.29) is 12.1 Å². The molecule has 0 radical (unpaired) electrons. The third-order valence-corrected chi connectivity index (χ3v) is 5.05. The fraction of sp³-hybridized carbons (Fsp3) is 0.381. The van der Waals surface area contributed by atoms with Crippen molar-refractivity contribution in [1.82, 2.24) is 4.98 Å². The van der Waals surface area contributed by atoms with Crippen molar-refractivity contribution in [2.45, 2.75) is 50.5 Å². The van der Waals surface area contributed by atoms with Gasteiger partial charge in [0.05, 0.1) is 18.8 Å². The van der Waals surface area contributed by atoms with Crippen LogP contribution in [-0.2, 0) is 11.3 Å². The second-order valence-corrected chi connectivity index (χ2v) is 6.97. The molecule has 1 saturated carbocycles. The topological polar surface area (TPSA) is 81.5 Å². The number of hydrogen-bond acceptors (Lipinski definition) is 5. The zero-order chi connectivity index (χ0) is 17.9. The predicted octanol–water partition coefficient (Wildman–Crippen LogP) is 3.64. The average molecular weight is 352 g/mol.